The van der Waals surface area contributed by atoms with Gasteiger partial charge in [0.25, 0.3) is 0 Å². The number of nitrogens with one attached hydrogen (secondary N) is 3. The number of allylic oxidation sites excluding steroid dienone is 1. The van der Waals surface area contributed by atoms with E-state index in [2.05, 4.69) is 15.7 Å². The van der Waals surface area contributed by atoms with Crippen LogP contribution in [0.2, 0.25) is 0 Å². The Bertz CT molecular complexity index is 1270. The molecule has 3 unspecified atom stereocenters. The molecule has 11 heteroatoms. The maximum absolute atomic E-state index is 13.0. The van der Waals surface area contributed by atoms with Gasteiger partial charge in [-0.1, -0.05) is 30.4 Å². The summed E-state index contributed by atoms with van der Waals surface area (Å²) < 4.78 is 40.5. The van der Waals surface area contributed by atoms with Crippen LogP contribution in [-0.2, 0) is 6.18 Å². The molecule has 1 aliphatic rings. The van der Waals surface area contributed by atoms with E-state index < -0.39 is 17.0 Å². The smallest absolute Gasteiger partial charge is 0.416 e. The second kappa shape index (κ2) is 9.78. The van der Waals surface area contributed by atoms with Crippen LogP contribution in [-0.4, -0.2) is 26.1 Å². The predicted octanol–water partition coefficient (Wildman–Crippen LogP) is 4.31. The summed E-state index contributed by atoms with van der Waals surface area (Å²) in [6.45, 7) is 3.79. The van der Waals surface area contributed by atoms with Crippen molar-refractivity contribution in [1.29, 1.82) is 0 Å². The molecule has 184 valence electrons. The normalized spacial score (nSPS) is 18.5. The number of alkyl halides is 3. The molecule has 0 radical (unpaired) electrons. The molecule has 35 heavy (non-hydrogen) atoms. The first-order valence-electron chi connectivity index (χ1n) is 10.9. The van der Waals surface area contributed by atoms with Crippen LogP contribution in [0.1, 0.15) is 34.9 Å². The lowest BCUT2D eigenvalue weighted by molar-refractivity contribution is -0.991. The quantitative estimate of drug-likeness (QED) is 0.236. The number of anilines is 1. The lowest BCUT2D eigenvalue weighted by Gasteiger charge is -2.18. The van der Waals surface area contributed by atoms with Gasteiger partial charge >= 0.3 is 6.18 Å². The van der Waals surface area contributed by atoms with E-state index in [4.69, 9.17) is 12.2 Å². The van der Waals surface area contributed by atoms with Crippen molar-refractivity contribution in [2.24, 2.45) is 0 Å². The van der Waals surface area contributed by atoms with E-state index in [1.54, 1.807) is 28.9 Å². The van der Waals surface area contributed by atoms with Gasteiger partial charge in [0.05, 0.1) is 11.3 Å². The third-order valence-corrected chi connectivity index (χ3v) is 6.15. The van der Waals surface area contributed by atoms with Crippen molar-refractivity contribution in [1.82, 2.24) is 15.1 Å². The Morgan fingerprint density at radius 1 is 1.17 bits per heavy atom. The number of quaternary nitrogens is 1. The molecule has 4 N–H and O–H groups in total. The number of para-hydroxylation sites is 2. The average molecular weight is 504 g/mol. The number of aryl methyl sites for hydroxylation is 1. The Morgan fingerprint density at radius 2 is 1.91 bits per heavy atom. The molecule has 0 fully saturated rings. The first-order valence-corrected chi connectivity index (χ1v) is 11.3. The van der Waals surface area contributed by atoms with E-state index in [1.165, 1.54) is 12.1 Å². The molecule has 0 bridgehead atoms. The van der Waals surface area contributed by atoms with Crippen molar-refractivity contribution in [2.45, 2.75) is 38.4 Å². The molecule has 0 aliphatic heterocycles. The average Bonchev–Trinajstić information content (AvgIpc) is 3.36. The van der Waals surface area contributed by atoms with Crippen molar-refractivity contribution in [2.75, 3.05) is 5.32 Å². The molecular weight excluding hydrogens is 479 g/mol. The number of halogens is 3. The van der Waals surface area contributed by atoms with Gasteiger partial charge in [-0.25, -0.2) is 9.89 Å². The summed E-state index contributed by atoms with van der Waals surface area (Å²) in [6.07, 6.45) is 0.235. The first-order chi connectivity index (χ1) is 16.5. The van der Waals surface area contributed by atoms with Gasteiger partial charge in [-0.15, -0.1) is 0 Å². The molecule has 0 amide bonds. The molecule has 1 heterocycles. The Hall–Kier alpha value is -3.25. The lowest BCUT2D eigenvalue weighted by Crippen LogP contribution is -2.99. The minimum Gasteiger partial charge on any atom is -0.595 e. The highest BCUT2D eigenvalue weighted by molar-refractivity contribution is 7.80. The van der Waals surface area contributed by atoms with Gasteiger partial charge in [-0.05, 0) is 56.8 Å². The topological polar surface area (TPSA) is 89.6 Å². The van der Waals surface area contributed by atoms with E-state index in [1.807, 2.05) is 26.0 Å². The fourth-order valence-electron chi connectivity index (χ4n) is 4.39. The molecule has 7 nitrogen and oxygen atoms in total. The molecule has 1 aliphatic carbocycles. The van der Waals surface area contributed by atoms with Crippen molar-refractivity contribution in [3.05, 3.63) is 88.4 Å². The van der Waals surface area contributed by atoms with Crippen LogP contribution in [0.4, 0.5) is 24.5 Å². The Balaban J connectivity index is 1.45. The number of hydrogen-bond acceptors (Lipinski definition) is 4. The van der Waals surface area contributed by atoms with Crippen LogP contribution in [0.15, 0.2) is 60.7 Å². The van der Waals surface area contributed by atoms with Gasteiger partial charge in [0, 0.05) is 35.0 Å². The maximum atomic E-state index is 13.0. The van der Waals surface area contributed by atoms with Gasteiger partial charge in [-0.2, -0.15) is 23.5 Å². The van der Waals surface area contributed by atoms with Crippen molar-refractivity contribution < 1.29 is 23.6 Å². The monoisotopic (exact) mass is 503 g/mol. The second-order valence-electron chi connectivity index (χ2n) is 8.33. The van der Waals surface area contributed by atoms with Crippen LogP contribution >= 0.6 is 12.2 Å². The summed E-state index contributed by atoms with van der Waals surface area (Å²) in [5.41, 5.74) is 2.80. The van der Waals surface area contributed by atoms with Gasteiger partial charge in [-0.3, -0.25) is 0 Å². The van der Waals surface area contributed by atoms with E-state index >= 15 is 0 Å². The zero-order valence-electron chi connectivity index (χ0n) is 18.9. The van der Waals surface area contributed by atoms with Gasteiger partial charge < -0.3 is 15.8 Å². The molecule has 0 saturated carbocycles. The van der Waals surface area contributed by atoms with Crippen molar-refractivity contribution in [3.63, 3.8) is 0 Å². The third-order valence-electron chi connectivity index (χ3n) is 5.93. The summed E-state index contributed by atoms with van der Waals surface area (Å²) in [4.78, 5) is 0. The summed E-state index contributed by atoms with van der Waals surface area (Å²) >= 11 is 5.31. The molecule has 4 rings (SSSR count). The SMILES string of the molecule is Cc1nn(-c2ccccc2[NH+]([O-])O)c(C)c1C1C=CC(NC(=S)Nc2cccc(C(F)(F)F)c2)C1. The Kier molecular flexibility index (Phi) is 6.95. The van der Waals surface area contributed by atoms with Gasteiger partial charge in [0.1, 0.15) is 5.69 Å². The Labute approximate surface area is 205 Å². The zero-order chi connectivity index (χ0) is 25.3. The predicted molar refractivity (Wildman–Crippen MR) is 130 cm³/mol. The number of benzene rings is 2. The second-order valence-corrected chi connectivity index (χ2v) is 8.74. The Morgan fingerprint density at radius 3 is 2.63 bits per heavy atom. The van der Waals surface area contributed by atoms with E-state index in [0.717, 1.165) is 29.1 Å². The maximum Gasteiger partial charge on any atom is 0.416 e. The van der Waals surface area contributed by atoms with Crippen LogP contribution < -0.4 is 15.9 Å². The summed E-state index contributed by atoms with van der Waals surface area (Å²) in [7, 11) is 0. The van der Waals surface area contributed by atoms with Crippen LogP contribution in [0, 0.1) is 19.1 Å². The molecule has 1 aromatic heterocycles. The number of nitrogens with zero attached hydrogens (tertiary/aromatic N) is 2. The molecule has 3 aromatic rings. The highest BCUT2D eigenvalue weighted by Gasteiger charge is 2.31. The van der Waals surface area contributed by atoms with E-state index in [-0.39, 0.29) is 28.4 Å². The zero-order valence-corrected chi connectivity index (χ0v) is 19.7. The molecular formula is C24H24F3N5O2S. The standard InChI is InChI=1S/C24H24F3N5O2S/c1-14-22(15(2)31(30-14)20-8-3-4-9-21(20)32(33)34)16-10-11-19(12-16)29-23(35)28-18-7-5-6-17(13-18)24(25,26)27/h3-11,13,16,19,32-33H,12H2,1-2H3,(H2,28,29,35). The molecule has 2 aromatic carbocycles. The number of thiocarbonyl (C=S) groups is 1. The van der Waals surface area contributed by atoms with Gasteiger partial charge in [0.2, 0.25) is 0 Å². The molecule has 0 saturated heterocycles. The summed E-state index contributed by atoms with van der Waals surface area (Å²) in [5, 5.41) is 31.0. The van der Waals surface area contributed by atoms with Gasteiger partial charge in [0.15, 0.2) is 10.8 Å². The van der Waals surface area contributed by atoms with Crippen molar-refractivity contribution in [3.8, 4) is 5.69 Å². The largest absolute Gasteiger partial charge is 0.595 e. The minimum atomic E-state index is -4.43. The van der Waals surface area contributed by atoms with Crippen molar-refractivity contribution >= 4 is 28.7 Å². The fourth-order valence-corrected chi connectivity index (χ4v) is 4.66. The number of rotatable bonds is 5. The van der Waals surface area contributed by atoms with Crippen LogP contribution in [0.25, 0.3) is 5.69 Å². The molecule has 3 atom stereocenters. The van der Waals surface area contributed by atoms with Crippen LogP contribution in [0.3, 0.4) is 0 Å². The van der Waals surface area contributed by atoms with E-state index in [9.17, 15) is 23.6 Å². The third kappa shape index (κ3) is 5.38. The summed E-state index contributed by atoms with van der Waals surface area (Å²) in [6, 6.07) is 11.4. The minimum absolute atomic E-state index is 0.0228. The lowest BCUT2D eigenvalue weighted by atomic mass is 9.96. The highest BCUT2D eigenvalue weighted by atomic mass is 32.1. The fraction of sp³-hybridized carbons (Fsp3) is 0.250. The summed E-state index contributed by atoms with van der Waals surface area (Å²) in [5.74, 6) is 0.0228. The highest BCUT2D eigenvalue weighted by Crippen LogP contribution is 2.35. The van der Waals surface area contributed by atoms with E-state index in [0.29, 0.717) is 12.1 Å². The first kappa shape index (κ1) is 24.9. The van der Waals surface area contributed by atoms with Crippen LogP contribution in [0.5, 0.6) is 0 Å². The number of hydrogen-bond donors (Lipinski definition) is 4. The number of aromatic nitrogens is 2. The molecule has 0 spiro atoms.